The van der Waals surface area contributed by atoms with Crippen LogP contribution in [-0.2, 0) is 19.9 Å². The molecule has 0 radical (unpaired) electrons. The molecular weight excluding hydrogens is 300 g/mol. The highest BCUT2D eigenvalue weighted by molar-refractivity contribution is 7.92. The van der Waals surface area contributed by atoms with Crippen molar-refractivity contribution in [1.29, 1.82) is 0 Å². The van der Waals surface area contributed by atoms with Gasteiger partial charge in [0.15, 0.2) is 9.84 Å². The van der Waals surface area contributed by atoms with E-state index in [1.54, 1.807) is 19.9 Å². The van der Waals surface area contributed by atoms with E-state index in [9.17, 15) is 16.8 Å². The predicted octanol–water partition coefficient (Wildman–Crippen LogP) is 0.351. The minimum Gasteiger partial charge on any atom is -0.398 e. The quantitative estimate of drug-likeness (QED) is 0.782. The molecule has 1 aromatic carbocycles. The second-order valence-electron chi connectivity index (χ2n) is 5.20. The van der Waals surface area contributed by atoms with E-state index in [4.69, 9.17) is 5.73 Å². The van der Waals surface area contributed by atoms with Gasteiger partial charge in [-0.3, -0.25) is 0 Å². The summed E-state index contributed by atoms with van der Waals surface area (Å²) >= 11 is 0. The number of aryl methyl sites for hydroxylation is 1. The van der Waals surface area contributed by atoms with Crippen LogP contribution in [0, 0.1) is 13.8 Å². The fourth-order valence-electron chi connectivity index (χ4n) is 2.30. The molecule has 2 rings (SSSR count). The first kappa shape index (κ1) is 15.3. The van der Waals surface area contributed by atoms with Crippen LogP contribution in [-0.4, -0.2) is 34.4 Å². The fraction of sp³-hybridized carbons (Fsp3) is 0.500. The lowest BCUT2D eigenvalue weighted by Crippen LogP contribution is -2.36. The summed E-state index contributed by atoms with van der Waals surface area (Å²) in [6.45, 7) is 3.39. The summed E-state index contributed by atoms with van der Waals surface area (Å²) in [6.07, 6.45) is 0.307. The molecule has 0 spiro atoms. The fourth-order valence-corrected chi connectivity index (χ4v) is 5.71. The zero-order valence-corrected chi connectivity index (χ0v) is 13.0. The van der Waals surface area contributed by atoms with Crippen LogP contribution in [0.15, 0.2) is 17.0 Å². The Bertz CT molecular complexity index is 739. The maximum atomic E-state index is 12.4. The van der Waals surface area contributed by atoms with E-state index in [0.29, 0.717) is 17.7 Å². The van der Waals surface area contributed by atoms with Crippen molar-refractivity contribution < 1.29 is 16.8 Å². The summed E-state index contributed by atoms with van der Waals surface area (Å²) in [4.78, 5) is 0.110. The van der Waals surface area contributed by atoms with Crippen LogP contribution in [0.5, 0.6) is 0 Å². The first-order valence-electron chi connectivity index (χ1n) is 6.20. The monoisotopic (exact) mass is 318 g/mol. The molecule has 0 saturated carbocycles. The Hall–Kier alpha value is -1.12. The third-order valence-corrected chi connectivity index (χ3v) is 6.80. The third-order valence-electron chi connectivity index (χ3n) is 3.39. The first-order chi connectivity index (χ1) is 9.11. The Morgan fingerprint density at radius 2 is 1.95 bits per heavy atom. The summed E-state index contributed by atoms with van der Waals surface area (Å²) in [6, 6.07) is 2.68. The van der Waals surface area contributed by atoms with Crippen molar-refractivity contribution in [3.8, 4) is 0 Å². The number of sulfone groups is 1. The molecule has 1 saturated heterocycles. The molecule has 0 bridgehead atoms. The number of rotatable bonds is 3. The highest BCUT2D eigenvalue weighted by Crippen LogP contribution is 2.24. The van der Waals surface area contributed by atoms with Gasteiger partial charge in [0, 0.05) is 11.7 Å². The maximum absolute atomic E-state index is 12.4. The Morgan fingerprint density at radius 1 is 1.30 bits per heavy atom. The summed E-state index contributed by atoms with van der Waals surface area (Å²) in [5.41, 5.74) is 7.41. The number of sulfonamides is 1. The standard InChI is InChI=1S/C12H18N2O4S2/c1-8-5-11(13)9(2)12(6-8)20(17,18)14-10-3-4-19(15,16)7-10/h5-6,10,14H,3-4,7,13H2,1-2H3. The number of benzene rings is 1. The molecule has 1 aliphatic rings. The molecule has 1 unspecified atom stereocenters. The minimum atomic E-state index is -3.76. The van der Waals surface area contributed by atoms with Gasteiger partial charge in [0.25, 0.3) is 0 Å². The molecule has 8 heteroatoms. The van der Waals surface area contributed by atoms with Crippen molar-refractivity contribution in [2.75, 3.05) is 17.2 Å². The van der Waals surface area contributed by atoms with Crippen LogP contribution >= 0.6 is 0 Å². The van der Waals surface area contributed by atoms with Crippen LogP contribution in [0.1, 0.15) is 17.5 Å². The lowest BCUT2D eigenvalue weighted by Gasteiger charge is -2.15. The Morgan fingerprint density at radius 3 is 2.50 bits per heavy atom. The number of nitrogens with one attached hydrogen (secondary N) is 1. The highest BCUT2D eigenvalue weighted by atomic mass is 32.2. The van der Waals surface area contributed by atoms with Gasteiger partial charge in [-0.05, 0) is 43.5 Å². The van der Waals surface area contributed by atoms with Crippen molar-refractivity contribution in [1.82, 2.24) is 4.72 Å². The van der Waals surface area contributed by atoms with Crippen molar-refractivity contribution in [3.05, 3.63) is 23.3 Å². The van der Waals surface area contributed by atoms with Crippen molar-refractivity contribution in [3.63, 3.8) is 0 Å². The van der Waals surface area contributed by atoms with Crippen LogP contribution < -0.4 is 10.5 Å². The van der Waals surface area contributed by atoms with Crippen molar-refractivity contribution in [2.24, 2.45) is 0 Å². The van der Waals surface area contributed by atoms with Gasteiger partial charge in [-0.1, -0.05) is 0 Å². The minimum absolute atomic E-state index is 0.0229. The van der Waals surface area contributed by atoms with Gasteiger partial charge in [-0.25, -0.2) is 21.6 Å². The zero-order valence-electron chi connectivity index (χ0n) is 11.4. The molecule has 3 N–H and O–H groups in total. The number of hydrogen-bond donors (Lipinski definition) is 2. The van der Waals surface area contributed by atoms with E-state index in [-0.39, 0.29) is 16.4 Å². The number of anilines is 1. The van der Waals surface area contributed by atoms with E-state index in [0.717, 1.165) is 5.56 Å². The van der Waals surface area contributed by atoms with Crippen molar-refractivity contribution in [2.45, 2.75) is 31.2 Å². The predicted molar refractivity (Wildman–Crippen MR) is 77.7 cm³/mol. The average molecular weight is 318 g/mol. The van der Waals surface area contributed by atoms with Crippen molar-refractivity contribution >= 4 is 25.5 Å². The molecule has 1 heterocycles. The Labute approximate surface area is 119 Å². The largest absolute Gasteiger partial charge is 0.398 e. The Balaban J connectivity index is 2.32. The molecule has 0 aliphatic carbocycles. The molecular formula is C12H18N2O4S2. The molecule has 20 heavy (non-hydrogen) atoms. The molecule has 0 amide bonds. The van der Waals surface area contributed by atoms with Gasteiger partial charge in [0.1, 0.15) is 0 Å². The van der Waals surface area contributed by atoms with Crippen LogP contribution in [0.4, 0.5) is 5.69 Å². The average Bonchev–Trinajstić information content (AvgIpc) is 2.62. The molecule has 0 aromatic heterocycles. The summed E-state index contributed by atoms with van der Waals surface area (Å²) in [5, 5.41) is 0. The maximum Gasteiger partial charge on any atom is 0.241 e. The van der Waals surface area contributed by atoms with E-state index >= 15 is 0 Å². The van der Waals surface area contributed by atoms with Gasteiger partial charge >= 0.3 is 0 Å². The van der Waals surface area contributed by atoms with E-state index in [1.165, 1.54) is 6.07 Å². The third kappa shape index (κ3) is 3.13. The molecule has 6 nitrogen and oxygen atoms in total. The van der Waals surface area contributed by atoms with Crippen LogP contribution in [0.25, 0.3) is 0 Å². The second-order valence-corrected chi connectivity index (χ2v) is 9.11. The molecule has 1 aromatic rings. The number of hydrogen-bond acceptors (Lipinski definition) is 5. The lowest BCUT2D eigenvalue weighted by atomic mass is 10.1. The Kier molecular flexibility index (Phi) is 3.83. The summed E-state index contributed by atoms with van der Waals surface area (Å²) < 4.78 is 50.0. The second kappa shape index (κ2) is 5.01. The summed E-state index contributed by atoms with van der Waals surface area (Å²) in [7, 11) is -6.89. The lowest BCUT2D eigenvalue weighted by molar-refractivity contribution is 0.562. The highest BCUT2D eigenvalue weighted by Gasteiger charge is 2.32. The van der Waals surface area contributed by atoms with Gasteiger partial charge < -0.3 is 5.73 Å². The van der Waals surface area contributed by atoms with Gasteiger partial charge in [-0.15, -0.1) is 0 Å². The number of nitrogen functional groups attached to an aromatic ring is 1. The zero-order chi connectivity index (χ0) is 15.1. The van der Waals surface area contributed by atoms with E-state index in [1.807, 2.05) is 0 Å². The molecule has 112 valence electrons. The molecule has 1 atom stereocenters. The number of nitrogens with two attached hydrogens (primary N) is 1. The van der Waals surface area contributed by atoms with Gasteiger partial charge in [0.05, 0.1) is 16.4 Å². The first-order valence-corrected chi connectivity index (χ1v) is 9.51. The van der Waals surface area contributed by atoms with Gasteiger partial charge in [0.2, 0.25) is 10.0 Å². The smallest absolute Gasteiger partial charge is 0.241 e. The van der Waals surface area contributed by atoms with E-state index < -0.39 is 25.9 Å². The van der Waals surface area contributed by atoms with Gasteiger partial charge in [-0.2, -0.15) is 0 Å². The van der Waals surface area contributed by atoms with E-state index in [2.05, 4.69) is 4.72 Å². The van der Waals surface area contributed by atoms with Crippen LogP contribution in [0.3, 0.4) is 0 Å². The normalized spacial score (nSPS) is 22.0. The summed E-state index contributed by atoms with van der Waals surface area (Å²) in [5.74, 6) is -0.123. The molecule has 1 fully saturated rings. The SMILES string of the molecule is Cc1cc(N)c(C)c(S(=O)(=O)NC2CCS(=O)(=O)C2)c1. The topological polar surface area (TPSA) is 106 Å². The van der Waals surface area contributed by atoms with Crippen LogP contribution in [0.2, 0.25) is 0 Å². The molecule has 1 aliphatic heterocycles.